The maximum Gasteiger partial charge on any atom is 0.335 e. The molecule has 1 N–H and O–H groups in total. The van der Waals surface area contributed by atoms with Gasteiger partial charge in [-0.1, -0.05) is 0 Å². The Labute approximate surface area is 118 Å². The number of aromatic carboxylic acids is 1. The number of non-ortho nitro benzene ring substituents is 1. The molecule has 0 bridgehead atoms. The molecule has 6 nitrogen and oxygen atoms in total. The number of benzene rings is 2. The highest BCUT2D eigenvalue weighted by Crippen LogP contribution is 2.28. The Morgan fingerprint density at radius 3 is 2.52 bits per heavy atom. The van der Waals surface area contributed by atoms with Crippen molar-refractivity contribution in [3.8, 4) is 11.5 Å². The Kier molecular flexibility index (Phi) is 3.84. The molecule has 0 radical (unpaired) electrons. The summed E-state index contributed by atoms with van der Waals surface area (Å²) in [5.41, 5.74) is 0.155. The summed E-state index contributed by atoms with van der Waals surface area (Å²) in [6.07, 6.45) is 0. The van der Waals surface area contributed by atoms with Gasteiger partial charge >= 0.3 is 5.97 Å². The number of ether oxygens (including phenoxy) is 1. The first-order valence-electron chi connectivity index (χ1n) is 5.83. The molecule has 0 amide bonds. The Hall–Kier alpha value is -2.96. The summed E-state index contributed by atoms with van der Waals surface area (Å²) in [6, 6.07) is 7.08. The van der Waals surface area contributed by atoms with Gasteiger partial charge in [-0.25, -0.2) is 9.18 Å². The van der Waals surface area contributed by atoms with E-state index in [0.717, 1.165) is 18.2 Å². The van der Waals surface area contributed by atoms with E-state index in [1.807, 2.05) is 0 Å². The molecule has 2 aromatic rings. The number of halogens is 1. The molecule has 0 spiro atoms. The molecule has 2 rings (SSSR count). The number of carboxylic acids is 1. The van der Waals surface area contributed by atoms with Crippen molar-refractivity contribution in [2.24, 2.45) is 0 Å². The van der Waals surface area contributed by atoms with Gasteiger partial charge in [-0.05, 0) is 30.7 Å². The molecule has 0 aliphatic carbocycles. The summed E-state index contributed by atoms with van der Waals surface area (Å²) in [4.78, 5) is 20.8. The predicted molar refractivity (Wildman–Crippen MR) is 71.3 cm³/mol. The number of carboxylic acid groups (broad SMARTS) is 1. The van der Waals surface area contributed by atoms with Gasteiger partial charge in [-0.3, -0.25) is 10.1 Å². The summed E-state index contributed by atoms with van der Waals surface area (Å²) >= 11 is 0. The number of hydrogen-bond acceptors (Lipinski definition) is 4. The van der Waals surface area contributed by atoms with E-state index < -0.39 is 22.4 Å². The quantitative estimate of drug-likeness (QED) is 0.687. The van der Waals surface area contributed by atoms with Crippen LogP contribution in [0.4, 0.5) is 10.1 Å². The lowest BCUT2D eigenvalue weighted by Crippen LogP contribution is -1.99. The molecule has 2 aromatic carbocycles. The lowest BCUT2D eigenvalue weighted by atomic mass is 10.1. The van der Waals surface area contributed by atoms with Crippen molar-refractivity contribution in [3.05, 3.63) is 63.5 Å². The average Bonchev–Trinajstić information content (AvgIpc) is 2.37. The minimum Gasteiger partial charge on any atom is -0.478 e. The molecular formula is C14H10FNO5. The summed E-state index contributed by atoms with van der Waals surface area (Å²) in [7, 11) is 0. The monoisotopic (exact) mass is 291 g/mol. The molecule has 0 atom stereocenters. The first kappa shape index (κ1) is 14.4. The zero-order valence-corrected chi connectivity index (χ0v) is 10.9. The molecule has 0 fully saturated rings. The highest BCUT2D eigenvalue weighted by Gasteiger charge is 2.12. The van der Waals surface area contributed by atoms with E-state index in [9.17, 15) is 19.3 Å². The van der Waals surface area contributed by atoms with Crippen molar-refractivity contribution in [3.63, 3.8) is 0 Å². The van der Waals surface area contributed by atoms with Crippen molar-refractivity contribution < 1.29 is 24.0 Å². The molecule has 0 aliphatic rings. The topological polar surface area (TPSA) is 89.7 Å². The van der Waals surface area contributed by atoms with Crippen molar-refractivity contribution in [1.29, 1.82) is 0 Å². The molecule has 108 valence electrons. The summed E-state index contributed by atoms with van der Waals surface area (Å²) in [6.45, 7) is 1.59. The van der Waals surface area contributed by atoms with Crippen molar-refractivity contribution >= 4 is 11.7 Å². The van der Waals surface area contributed by atoms with Gasteiger partial charge in [-0.2, -0.15) is 0 Å². The molecule has 0 aliphatic heterocycles. The lowest BCUT2D eigenvalue weighted by Gasteiger charge is -2.08. The second kappa shape index (κ2) is 5.58. The highest BCUT2D eigenvalue weighted by molar-refractivity contribution is 5.89. The minimum atomic E-state index is -1.07. The SMILES string of the molecule is Cc1cc(Oc2cc(F)cc([N+](=O)[O-])c2)ccc1C(=O)O. The number of nitro groups is 1. The van der Waals surface area contributed by atoms with E-state index in [0.29, 0.717) is 5.56 Å². The van der Waals surface area contributed by atoms with Gasteiger partial charge in [0.1, 0.15) is 17.3 Å². The van der Waals surface area contributed by atoms with Gasteiger partial charge in [0.25, 0.3) is 5.69 Å². The second-order valence-electron chi connectivity index (χ2n) is 4.29. The van der Waals surface area contributed by atoms with Crippen LogP contribution in [-0.4, -0.2) is 16.0 Å². The first-order valence-corrected chi connectivity index (χ1v) is 5.83. The first-order chi connectivity index (χ1) is 9.86. The fourth-order valence-corrected chi connectivity index (χ4v) is 1.79. The van der Waals surface area contributed by atoms with Gasteiger partial charge in [0.15, 0.2) is 0 Å². The number of aryl methyl sites for hydroxylation is 1. The van der Waals surface area contributed by atoms with Crippen LogP contribution in [-0.2, 0) is 0 Å². The fraction of sp³-hybridized carbons (Fsp3) is 0.0714. The van der Waals surface area contributed by atoms with Gasteiger partial charge in [0, 0.05) is 6.07 Å². The number of rotatable bonds is 4. The van der Waals surface area contributed by atoms with E-state index in [4.69, 9.17) is 9.84 Å². The third-order valence-electron chi connectivity index (χ3n) is 2.73. The van der Waals surface area contributed by atoms with Crippen molar-refractivity contribution in [2.45, 2.75) is 6.92 Å². The maximum absolute atomic E-state index is 13.3. The van der Waals surface area contributed by atoms with Crippen molar-refractivity contribution in [1.82, 2.24) is 0 Å². The minimum absolute atomic E-state index is 0.0378. The van der Waals surface area contributed by atoms with Gasteiger partial charge in [-0.15, -0.1) is 0 Å². The lowest BCUT2D eigenvalue weighted by molar-refractivity contribution is -0.385. The third-order valence-corrected chi connectivity index (χ3v) is 2.73. The molecule has 0 saturated heterocycles. The summed E-state index contributed by atoms with van der Waals surface area (Å²) in [5.74, 6) is -1.64. The number of carbonyl (C=O) groups is 1. The second-order valence-corrected chi connectivity index (χ2v) is 4.29. The molecule has 21 heavy (non-hydrogen) atoms. The van der Waals surface area contributed by atoms with Crippen molar-refractivity contribution in [2.75, 3.05) is 0 Å². The average molecular weight is 291 g/mol. The summed E-state index contributed by atoms with van der Waals surface area (Å²) in [5, 5.41) is 19.6. The van der Waals surface area contributed by atoms with E-state index in [1.54, 1.807) is 6.92 Å². The summed E-state index contributed by atoms with van der Waals surface area (Å²) < 4.78 is 18.6. The van der Waals surface area contributed by atoms with Crippen LogP contribution in [0.1, 0.15) is 15.9 Å². The largest absolute Gasteiger partial charge is 0.478 e. The van der Waals surface area contributed by atoms with E-state index in [-0.39, 0.29) is 17.1 Å². The molecule has 0 heterocycles. The van der Waals surface area contributed by atoms with E-state index >= 15 is 0 Å². The van der Waals surface area contributed by atoms with Crippen LogP contribution in [0, 0.1) is 22.9 Å². The van der Waals surface area contributed by atoms with Crippen LogP contribution in [0.5, 0.6) is 11.5 Å². The molecule has 7 heteroatoms. The smallest absolute Gasteiger partial charge is 0.335 e. The molecule has 0 aromatic heterocycles. The van der Waals surface area contributed by atoms with Crippen LogP contribution in [0.2, 0.25) is 0 Å². The van der Waals surface area contributed by atoms with Crippen LogP contribution in [0.25, 0.3) is 0 Å². The number of nitrogens with zero attached hydrogens (tertiary/aromatic N) is 1. The zero-order chi connectivity index (χ0) is 15.6. The van der Waals surface area contributed by atoms with Gasteiger partial charge < -0.3 is 9.84 Å². The van der Waals surface area contributed by atoms with Gasteiger partial charge in [0.2, 0.25) is 0 Å². The predicted octanol–water partition coefficient (Wildman–Crippen LogP) is 3.53. The molecule has 0 unspecified atom stereocenters. The van der Waals surface area contributed by atoms with Crippen LogP contribution in [0.15, 0.2) is 36.4 Å². The Bertz CT molecular complexity index is 729. The maximum atomic E-state index is 13.3. The standard InChI is InChI=1S/C14H10FNO5/c1-8-4-11(2-3-13(8)14(17)18)21-12-6-9(15)5-10(7-12)16(19)20/h2-7H,1H3,(H,17,18). The van der Waals surface area contributed by atoms with E-state index in [2.05, 4.69) is 0 Å². The number of hydrogen-bond donors (Lipinski definition) is 1. The molecular weight excluding hydrogens is 281 g/mol. The molecule has 0 saturated carbocycles. The van der Waals surface area contributed by atoms with Crippen LogP contribution >= 0.6 is 0 Å². The van der Waals surface area contributed by atoms with Gasteiger partial charge in [0.05, 0.1) is 22.6 Å². The Morgan fingerprint density at radius 1 is 1.24 bits per heavy atom. The van der Waals surface area contributed by atoms with Crippen LogP contribution < -0.4 is 4.74 Å². The zero-order valence-electron chi connectivity index (χ0n) is 10.9. The van der Waals surface area contributed by atoms with E-state index in [1.165, 1.54) is 18.2 Å². The highest BCUT2D eigenvalue weighted by atomic mass is 19.1. The Balaban J connectivity index is 2.32. The number of nitro benzene ring substituents is 1. The normalized spacial score (nSPS) is 10.2. The van der Waals surface area contributed by atoms with Crippen LogP contribution in [0.3, 0.4) is 0 Å². The Morgan fingerprint density at radius 2 is 1.95 bits per heavy atom. The third kappa shape index (κ3) is 3.33. The fourth-order valence-electron chi connectivity index (χ4n) is 1.79.